The fourth-order valence-electron chi connectivity index (χ4n) is 5.43. The molecule has 3 aromatic carbocycles. The Bertz CT molecular complexity index is 1310. The molecule has 2 amide bonds. The molecule has 0 radical (unpaired) electrons. The Balaban J connectivity index is 1.19. The van der Waals surface area contributed by atoms with E-state index in [0.717, 1.165) is 27.8 Å². The third kappa shape index (κ3) is 5.62. The third-order valence-electron chi connectivity index (χ3n) is 7.18. The number of hydrogen-bond acceptors (Lipinski definition) is 4. The minimum Gasteiger partial charge on any atom is -0.480 e. The molecule has 7 nitrogen and oxygen atoms in total. The molecule has 2 N–H and O–H groups in total. The van der Waals surface area contributed by atoms with Gasteiger partial charge in [0.1, 0.15) is 13.2 Å². The fraction of sp³-hybridized carbons (Fsp3) is 0.258. The predicted molar refractivity (Wildman–Crippen MR) is 143 cm³/mol. The summed E-state index contributed by atoms with van der Waals surface area (Å²) in [6.07, 6.45) is 4.06. The normalized spacial score (nSPS) is 17.8. The van der Waals surface area contributed by atoms with Gasteiger partial charge >= 0.3 is 12.1 Å². The van der Waals surface area contributed by atoms with Crippen LogP contribution in [0.3, 0.4) is 0 Å². The van der Waals surface area contributed by atoms with Crippen LogP contribution in [0.15, 0.2) is 91.0 Å². The maximum atomic E-state index is 13.3. The third-order valence-corrected chi connectivity index (χ3v) is 7.18. The molecule has 2 aliphatic carbocycles. The number of allylic oxidation sites excluding steroid dienone is 1. The molecule has 3 aromatic rings. The number of aliphatic carboxylic acids is 1. The zero-order chi connectivity index (χ0) is 26.5. The van der Waals surface area contributed by atoms with Crippen LogP contribution in [0.5, 0.6) is 0 Å². The second kappa shape index (κ2) is 11.3. The molecular formula is C31H30N2O5. The lowest BCUT2D eigenvalue weighted by molar-refractivity contribution is -0.147. The molecule has 194 valence electrons. The van der Waals surface area contributed by atoms with Gasteiger partial charge in [0.05, 0.1) is 6.04 Å². The number of benzene rings is 3. The molecule has 2 aliphatic rings. The smallest absolute Gasteiger partial charge is 0.407 e. The van der Waals surface area contributed by atoms with Crippen LogP contribution in [0.2, 0.25) is 0 Å². The minimum atomic E-state index is -1.06. The number of amides is 2. The van der Waals surface area contributed by atoms with Gasteiger partial charge in [0, 0.05) is 18.4 Å². The van der Waals surface area contributed by atoms with Crippen molar-refractivity contribution in [2.24, 2.45) is 5.92 Å². The lowest BCUT2D eigenvalue weighted by Crippen LogP contribution is -2.43. The number of carbonyl (C=O) groups excluding carboxylic acids is 2. The maximum Gasteiger partial charge on any atom is 0.407 e. The molecular weight excluding hydrogens is 480 g/mol. The van der Waals surface area contributed by atoms with Crippen molar-refractivity contribution in [2.75, 3.05) is 13.2 Å². The summed E-state index contributed by atoms with van der Waals surface area (Å²) in [7, 11) is 0. The number of fused-ring (bicyclic) bond motifs is 3. The molecule has 0 saturated carbocycles. The van der Waals surface area contributed by atoms with Gasteiger partial charge in [-0.15, -0.1) is 0 Å². The van der Waals surface area contributed by atoms with E-state index in [1.54, 1.807) is 0 Å². The molecule has 0 saturated heterocycles. The van der Waals surface area contributed by atoms with E-state index in [4.69, 9.17) is 4.74 Å². The summed E-state index contributed by atoms with van der Waals surface area (Å²) < 4.78 is 5.66. The summed E-state index contributed by atoms with van der Waals surface area (Å²) in [6.45, 7) is 0.0528. The molecule has 0 heterocycles. The average Bonchev–Trinajstić information content (AvgIpc) is 3.25. The number of hydrogen-bond donors (Lipinski definition) is 2. The van der Waals surface area contributed by atoms with Crippen molar-refractivity contribution >= 4 is 18.0 Å². The van der Waals surface area contributed by atoms with E-state index in [-0.39, 0.29) is 37.6 Å². The summed E-state index contributed by atoms with van der Waals surface area (Å²) in [5.74, 6) is -1.76. The molecule has 0 bridgehead atoms. The maximum absolute atomic E-state index is 13.3. The van der Waals surface area contributed by atoms with Gasteiger partial charge in [-0.1, -0.05) is 91.0 Å². The summed E-state index contributed by atoms with van der Waals surface area (Å²) in [5, 5.41) is 12.2. The summed E-state index contributed by atoms with van der Waals surface area (Å²) in [4.78, 5) is 38.9. The Hall–Kier alpha value is -4.39. The van der Waals surface area contributed by atoms with Gasteiger partial charge in [0.15, 0.2) is 0 Å². The first-order valence-electron chi connectivity index (χ1n) is 12.8. The van der Waals surface area contributed by atoms with Gasteiger partial charge in [-0.25, -0.2) is 4.79 Å². The predicted octanol–water partition coefficient (Wildman–Crippen LogP) is 4.97. The Labute approximate surface area is 221 Å². The number of rotatable bonds is 8. The zero-order valence-corrected chi connectivity index (χ0v) is 21.0. The highest BCUT2D eigenvalue weighted by Crippen LogP contribution is 2.44. The van der Waals surface area contributed by atoms with E-state index in [1.807, 2.05) is 66.7 Å². The van der Waals surface area contributed by atoms with Crippen LogP contribution in [-0.4, -0.2) is 47.2 Å². The summed E-state index contributed by atoms with van der Waals surface area (Å²) in [5.41, 5.74) is 5.47. The summed E-state index contributed by atoms with van der Waals surface area (Å²) >= 11 is 0. The molecule has 0 fully saturated rings. The Kier molecular flexibility index (Phi) is 7.54. The molecule has 5 rings (SSSR count). The SMILES string of the molecule is O=C(O)CN(Cc1ccccc1)C(=O)[C@@H]1CC=C[C@@H](NC(=O)OCC2c3ccccc3-c3ccccc32)C1. The van der Waals surface area contributed by atoms with E-state index < -0.39 is 18.0 Å². The summed E-state index contributed by atoms with van der Waals surface area (Å²) in [6, 6.07) is 25.3. The first-order chi connectivity index (χ1) is 18.5. The molecule has 0 unspecified atom stereocenters. The highest BCUT2D eigenvalue weighted by atomic mass is 16.5. The average molecular weight is 511 g/mol. The number of nitrogens with one attached hydrogen (secondary N) is 1. The Morgan fingerprint density at radius 3 is 2.18 bits per heavy atom. The van der Waals surface area contributed by atoms with Crippen molar-refractivity contribution in [1.82, 2.24) is 10.2 Å². The van der Waals surface area contributed by atoms with E-state index in [2.05, 4.69) is 29.6 Å². The van der Waals surface area contributed by atoms with Gasteiger partial charge in [0.2, 0.25) is 5.91 Å². The minimum absolute atomic E-state index is 0.0352. The largest absolute Gasteiger partial charge is 0.480 e. The molecule has 0 aliphatic heterocycles. The van der Waals surface area contributed by atoms with Crippen molar-refractivity contribution in [3.8, 4) is 11.1 Å². The van der Waals surface area contributed by atoms with E-state index in [0.29, 0.717) is 12.8 Å². The molecule has 7 heteroatoms. The van der Waals surface area contributed by atoms with Crippen molar-refractivity contribution in [3.63, 3.8) is 0 Å². The molecule has 38 heavy (non-hydrogen) atoms. The monoisotopic (exact) mass is 510 g/mol. The quantitative estimate of drug-likeness (QED) is 0.417. The van der Waals surface area contributed by atoms with Crippen LogP contribution < -0.4 is 5.32 Å². The van der Waals surface area contributed by atoms with Crippen LogP contribution in [0.4, 0.5) is 4.79 Å². The second-order valence-corrected chi connectivity index (χ2v) is 9.75. The topological polar surface area (TPSA) is 95.9 Å². The second-order valence-electron chi connectivity index (χ2n) is 9.75. The molecule has 0 spiro atoms. The highest BCUT2D eigenvalue weighted by Gasteiger charge is 2.31. The van der Waals surface area contributed by atoms with Gasteiger partial charge in [-0.05, 0) is 40.7 Å². The standard InChI is InChI=1S/C31H30N2O5/c34-29(35)19-33(18-21-9-2-1-3-10-21)30(36)22-11-8-12-23(17-22)32-31(37)38-20-28-26-15-6-4-13-24(26)25-14-5-7-16-27(25)28/h1-10,12-16,22-23,28H,11,17-20H2,(H,32,37)(H,34,35)/t22-,23-/m1/s1. The van der Waals surface area contributed by atoms with Gasteiger partial charge in [-0.3, -0.25) is 9.59 Å². The van der Waals surface area contributed by atoms with Crippen LogP contribution in [-0.2, 0) is 20.9 Å². The lowest BCUT2D eigenvalue weighted by atomic mass is 9.89. The number of carboxylic acid groups (broad SMARTS) is 1. The lowest BCUT2D eigenvalue weighted by Gasteiger charge is -2.30. The Morgan fingerprint density at radius 1 is 0.895 bits per heavy atom. The van der Waals surface area contributed by atoms with Crippen molar-refractivity contribution in [3.05, 3.63) is 108 Å². The van der Waals surface area contributed by atoms with E-state index in [9.17, 15) is 19.5 Å². The first-order valence-corrected chi connectivity index (χ1v) is 12.8. The van der Waals surface area contributed by atoms with Crippen molar-refractivity contribution < 1.29 is 24.2 Å². The molecule has 2 atom stereocenters. The van der Waals surface area contributed by atoms with E-state index >= 15 is 0 Å². The number of carboxylic acids is 1. The van der Waals surface area contributed by atoms with Gasteiger partial charge in [-0.2, -0.15) is 0 Å². The Morgan fingerprint density at radius 2 is 1.53 bits per heavy atom. The van der Waals surface area contributed by atoms with Crippen molar-refractivity contribution in [1.29, 1.82) is 0 Å². The van der Waals surface area contributed by atoms with Gasteiger partial charge < -0.3 is 20.1 Å². The zero-order valence-electron chi connectivity index (χ0n) is 21.0. The highest BCUT2D eigenvalue weighted by molar-refractivity contribution is 5.83. The number of nitrogens with zero attached hydrogens (tertiary/aromatic N) is 1. The van der Waals surface area contributed by atoms with Crippen LogP contribution in [0.25, 0.3) is 11.1 Å². The van der Waals surface area contributed by atoms with Crippen LogP contribution in [0, 0.1) is 5.92 Å². The number of ether oxygens (including phenoxy) is 1. The fourth-order valence-corrected chi connectivity index (χ4v) is 5.43. The van der Waals surface area contributed by atoms with E-state index in [1.165, 1.54) is 4.90 Å². The number of carbonyl (C=O) groups is 3. The van der Waals surface area contributed by atoms with Crippen molar-refractivity contribution in [2.45, 2.75) is 31.3 Å². The number of alkyl carbamates (subject to hydrolysis) is 1. The first kappa shape index (κ1) is 25.3. The van der Waals surface area contributed by atoms with Crippen LogP contribution >= 0.6 is 0 Å². The van der Waals surface area contributed by atoms with Crippen LogP contribution in [0.1, 0.15) is 35.4 Å². The van der Waals surface area contributed by atoms with Gasteiger partial charge in [0.25, 0.3) is 0 Å². The molecule has 0 aromatic heterocycles.